The fourth-order valence-corrected chi connectivity index (χ4v) is 2.39. The Labute approximate surface area is 128 Å². The van der Waals surface area contributed by atoms with Gasteiger partial charge in [0.15, 0.2) is 0 Å². The van der Waals surface area contributed by atoms with E-state index in [1.54, 1.807) is 0 Å². The summed E-state index contributed by atoms with van der Waals surface area (Å²) in [5, 5.41) is 0. The van der Waals surface area contributed by atoms with Gasteiger partial charge in [0.05, 0.1) is 12.7 Å². The average Bonchev–Trinajstić information content (AvgIpc) is 3.08. The van der Waals surface area contributed by atoms with Crippen molar-refractivity contribution >= 4 is 5.97 Å². The maximum atomic E-state index is 10.4. The monoisotopic (exact) mass is 298 g/mol. The van der Waals surface area contributed by atoms with Gasteiger partial charge >= 0.3 is 5.97 Å². The Balaban J connectivity index is 0.000000235. The molecular weight excluding hydrogens is 268 g/mol. The van der Waals surface area contributed by atoms with Gasteiger partial charge in [-0.1, -0.05) is 20.4 Å². The van der Waals surface area contributed by atoms with Crippen molar-refractivity contribution in [1.29, 1.82) is 0 Å². The molecule has 4 heteroatoms. The fourth-order valence-electron chi connectivity index (χ4n) is 2.39. The molecule has 2 aliphatic rings. The lowest BCUT2D eigenvalue weighted by Crippen LogP contribution is -2.06. The van der Waals surface area contributed by atoms with Crippen LogP contribution in [0.1, 0.15) is 58.8 Å². The van der Waals surface area contributed by atoms with Crippen LogP contribution in [0.5, 0.6) is 0 Å². The summed E-state index contributed by atoms with van der Waals surface area (Å²) in [4.78, 5) is 10.4. The highest BCUT2D eigenvalue weighted by atomic mass is 16.5. The maximum absolute atomic E-state index is 10.4. The molecule has 0 aromatic carbocycles. The summed E-state index contributed by atoms with van der Waals surface area (Å²) in [6.07, 6.45) is 7.53. The number of hydrogen-bond acceptors (Lipinski definition) is 4. The van der Waals surface area contributed by atoms with Crippen LogP contribution < -0.4 is 0 Å². The number of carbonyl (C=O) groups excluding carboxylic acids is 1. The van der Waals surface area contributed by atoms with Crippen molar-refractivity contribution in [1.82, 2.24) is 0 Å². The van der Waals surface area contributed by atoms with Crippen LogP contribution in [0.25, 0.3) is 0 Å². The first kappa shape index (κ1) is 18.2. The standard InChI is InChI=1S/C11H20O2.C6H10O2/c1-3-6-12-7-4-5-11-8-10(2)9-13-11;1-2-5-3-4-6(7)8-5/h11H,2-9H2,1H3;5H,2-4H2,1H3. The minimum Gasteiger partial charge on any atom is -0.462 e. The van der Waals surface area contributed by atoms with E-state index in [4.69, 9.17) is 14.2 Å². The predicted molar refractivity (Wildman–Crippen MR) is 83.2 cm³/mol. The zero-order valence-electron chi connectivity index (χ0n) is 13.6. The summed E-state index contributed by atoms with van der Waals surface area (Å²) >= 11 is 0. The zero-order chi connectivity index (χ0) is 15.5. The second-order valence-electron chi connectivity index (χ2n) is 5.70. The lowest BCUT2D eigenvalue weighted by atomic mass is 10.1. The second-order valence-corrected chi connectivity index (χ2v) is 5.70. The SMILES string of the molecule is C=C1COC(CCCOCCC)C1.CCC1CCC(=O)O1. The van der Waals surface area contributed by atoms with Crippen LogP contribution in [-0.2, 0) is 19.0 Å². The summed E-state index contributed by atoms with van der Waals surface area (Å²) in [6, 6.07) is 0. The van der Waals surface area contributed by atoms with Crippen molar-refractivity contribution in [3.63, 3.8) is 0 Å². The Bertz CT molecular complexity index is 314. The third-order valence-electron chi connectivity index (χ3n) is 3.63. The normalized spacial score (nSPS) is 24.7. The van der Waals surface area contributed by atoms with Crippen LogP contribution in [0.15, 0.2) is 12.2 Å². The molecule has 0 aromatic heterocycles. The third kappa shape index (κ3) is 8.22. The van der Waals surface area contributed by atoms with E-state index in [0.717, 1.165) is 58.3 Å². The van der Waals surface area contributed by atoms with Gasteiger partial charge in [-0.15, -0.1) is 0 Å². The van der Waals surface area contributed by atoms with Crippen LogP contribution in [-0.4, -0.2) is 38.0 Å². The number of hydrogen-bond donors (Lipinski definition) is 0. The van der Waals surface area contributed by atoms with Gasteiger partial charge in [0.1, 0.15) is 6.10 Å². The molecule has 0 saturated carbocycles. The van der Waals surface area contributed by atoms with E-state index in [-0.39, 0.29) is 12.1 Å². The van der Waals surface area contributed by atoms with E-state index < -0.39 is 0 Å². The molecule has 2 rings (SSSR count). The molecule has 2 heterocycles. The molecule has 0 aliphatic carbocycles. The molecule has 0 N–H and O–H groups in total. The molecule has 0 aromatic rings. The van der Waals surface area contributed by atoms with E-state index >= 15 is 0 Å². The zero-order valence-corrected chi connectivity index (χ0v) is 13.6. The van der Waals surface area contributed by atoms with Crippen LogP contribution in [0.4, 0.5) is 0 Å². The molecule has 0 bridgehead atoms. The fraction of sp³-hybridized carbons (Fsp3) is 0.824. The number of esters is 1. The van der Waals surface area contributed by atoms with Crippen molar-refractivity contribution in [3.05, 3.63) is 12.2 Å². The first-order chi connectivity index (χ1) is 10.2. The predicted octanol–water partition coefficient (Wildman–Crippen LogP) is 3.64. The maximum Gasteiger partial charge on any atom is 0.306 e. The van der Waals surface area contributed by atoms with E-state index in [1.165, 1.54) is 5.57 Å². The Hall–Kier alpha value is -0.870. The molecule has 2 fully saturated rings. The first-order valence-electron chi connectivity index (χ1n) is 8.21. The summed E-state index contributed by atoms with van der Waals surface area (Å²) in [6.45, 7) is 10.6. The molecule has 21 heavy (non-hydrogen) atoms. The van der Waals surface area contributed by atoms with Gasteiger partial charge in [0, 0.05) is 19.6 Å². The van der Waals surface area contributed by atoms with Crippen LogP contribution >= 0.6 is 0 Å². The van der Waals surface area contributed by atoms with E-state index in [9.17, 15) is 4.79 Å². The molecular formula is C17H30O4. The Morgan fingerprint density at radius 3 is 2.57 bits per heavy atom. The quantitative estimate of drug-likeness (QED) is 0.409. The lowest BCUT2D eigenvalue weighted by molar-refractivity contribution is -0.141. The van der Waals surface area contributed by atoms with E-state index in [2.05, 4.69) is 13.5 Å². The summed E-state index contributed by atoms with van der Waals surface area (Å²) < 4.78 is 15.8. The summed E-state index contributed by atoms with van der Waals surface area (Å²) in [5.41, 5.74) is 1.24. The van der Waals surface area contributed by atoms with Crippen molar-refractivity contribution in [2.75, 3.05) is 19.8 Å². The highest BCUT2D eigenvalue weighted by Gasteiger charge is 2.20. The van der Waals surface area contributed by atoms with Gasteiger partial charge in [-0.3, -0.25) is 4.79 Å². The van der Waals surface area contributed by atoms with Crippen molar-refractivity contribution in [2.24, 2.45) is 0 Å². The van der Waals surface area contributed by atoms with Gasteiger partial charge in [0.2, 0.25) is 0 Å². The number of carbonyl (C=O) groups is 1. The van der Waals surface area contributed by atoms with Crippen molar-refractivity contribution in [3.8, 4) is 0 Å². The van der Waals surface area contributed by atoms with Gasteiger partial charge in [-0.05, 0) is 44.1 Å². The minimum atomic E-state index is -0.0307. The number of rotatable bonds is 7. The molecule has 4 nitrogen and oxygen atoms in total. The molecule has 2 aliphatic heterocycles. The highest BCUT2D eigenvalue weighted by Crippen LogP contribution is 2.20. The Morgan fingerprint density at radius 2 is 2.10 bits per heavy atom. The van der Waals surface area contributed by atoms with Gasteiger partial charge in [0.25, 0.3) is 0 Å². The smallest absolute Gasteiger partial charge is 0.306 e. The molecule has 0 amide bonds. The van der Waals surface area contributed by atoms with Crippen LogP contribution in [0, 0.1) is 0 Å². The molecule has 122 valence electrons. The van der Waals surface area contributed by atoms with Crippen LogP contribution in [0.3, 0.4) is 0 Å². The van der Waals surface area contributed by atoms with Crippen LogP contribution in [0.2, 0.25) is 0 Å². The van der Waals surface area contributed by atoms with Gasteiger partial charge in [-0.25, -0.2) is 0 Å². The number of ether oxygens (including phenoxy) is 3. The first-order valence-corrected chi connectivity index (χ1v) is 8.21. The number of cyclic esters (lactones) is 1. The highest BCUT2D eigenvalue weighted by molar-refractivity contribution is 5.71. The minimum absolute atomic E-state index is 0.0307. The van der Waals surface area contributed by atoms with Gasteiger partial charge in [-0.2, -0.15) is 0 Å². The van der Waals surface area contributed by atoms with Crippen molar-refractivity contribution in [2.45, 2.75) is 71.0 Å². The Kier molecular flexibility index (Phi) is 9.35. The second kappa shape index (κ2) is 10.8. The molecule has 0 spiro atoms. The van der Waals surface area contributed by atoms with E-state index in [0.29, 0.717) is 12.5 Å². The average molecular weight is 298 g/mol. The topological polar surface area (TPSA) is 44.8 Å². The van der Waals surface area contributed by atoms with Gasteiger partial charge < -0.3 is 14.2 Å². The van der Waals surface area contributed by atoms with Crippen molar-refractivity contribution < 1.29 is 19.0 Å². The lowest BCUT2D eigenvalue weighted by Gasteiger charge is -2.08. The largest absolute Gasteiger partial charge is 0.462 e. The van der Waals surface area contributed by atoms with E-state index in [1.807, 2.05) is 6.92 Å². The molecule has 0 radical (unpaired) electrons. The molecule has 2 saturated heterocycles. The third-order valence-corrected chi connectivity index (χ3v) is 3.63. The molecule has 2 unspecified atom stereocenters. The summed E-state index contributed by atoms with van der Waals surface area (Å²) in [7, 11) is 0. The summed E-state index contributed by atoms with van der Waals surface area (Å²) in [5.74, 6) is -0.0307. The Morgan fingerprint density at radius 1 is 1.29 bits per heavy atom. The molecule has 2 atom stereocenters.